The molecular weight excluding hydrogens is 281 g/mol. The maximum absolute atomic E-state index is 12.8. The smallest absolute Gasteiger partial charge is 0.340 e. The van der Waals surface area contributed by atoms with Gasteiger partial charge in [0.2, 0.25) is 6.04 Å². The molecule has 1 aromatic carbocycles. The van der Waals surface area contributed by atoms with Crippen molar-refractivity contribution < 1.29 is 28.2 Å². The van der Waals surface area contributed by atoms with E-state index in [1.807, 2.05) is 0 Å². The summed E-state index contributed by atoms with van der Waals surface area (Å²) in [5, 5.41) is 2.21. The zero-order chi connectivity index (χ0) is 15.8. The van der Waals surface area contributed by atoms with Crippen molar-refractivity contribution in [3.05, 3.63) is 35.6 Å². The first-order valence-electron chi connectivity index (χ1n) is 6.39. The maximum Gasteiger partial charge on any atom is 0.340 e. The van der Waals surface area contributed by atoms with Crippen LogP contribution in [0.1, 0.15) is 24.2 Å². The first kappa shape index (κ1) is 16.6. The molecule has 0 saturated carbocycles. The standard InChI is InChI=1S/C14H16FNO5/c1-3-20-13(18)11(14(19)21-4-2)16-12(17)9-5-7-10(15)8-6-9/h5-8,11H,3-4H2,1-2H3,(H,16,17). The average Bonchev–Trinajstić information content (AvgIpc) is 2.45. The second-order valence-corrected chi connectivity index (χ2v) is 3.92. The highest BCUT2D eigenvalue weighted by molar-refractivity contribution is 6.05. The Morgan fingerprint density at radius 2 is 1.52 bits per heavy atom. The van der Waals surface area contributed by atoms with Crippen LogP contribution in [0.5, 0.6) is 0 Å². The molecule has 0 radical (unpaired) electrons. The van der Waals surface area contributed by atoms with Crippen LogP contribution < -0.4 is 5.32 Å². The van der Waals surface area contributed by atoms with E-state index < -0.39 is 29.7 Å². The van der Waals surface area contributed by atoms with Gasteiger partial charge in [0.25, 0.3) is 5.91 Å². The van der Waals surface area contributed by atoms with Gasteiger partial charge in [0.15, 0.2) is 0 Å². The number of amides is 1. The third-order valence-electron chi connectivity index (χ3n) is 2.43. The van der Waals surface area contributed by atoms with E-state index in [0.717, 1.165) is 12.1 Å². The number of halogens is 1. The van der Waals surface area contributed by atoms with Gasteiger partial charge in [-0.15, -0.1) is 0 Å². The zero-order valence-corrected chi connectivity index (χ0v) is 11.7. The molecule has 1 N–H and O–H groups in total. The summed E-state index contributed by atoms with van der Waals surface area (Å²) in [5.41, 5.74) is 0.106. The summed E-state index contributed by atoms with van der Waals surface area (Å²) in [6.07, 6.45) is 0. The number of rotatable bonds is 6. The number of nitrogens with one attached hydrogen (secondary N) is 1. The second kappa shape index (κ2) is 7.98. The van der Waals surface area contributed by atoms with Crippen LogP contribution >= 0.6 is 0 Å². The lowest BCUT2D eigenvalue weighted by Gasteiger charge is -2.15. The van der Waals surface area contributed by atoms with Crippen LogP contribution in [0.2, 0.25) is 0 Å². The molecule has 0 aliphatic rings. The third-order valence-corrected chi connectivity index (χ3v) is 2.43. The van der Waals surface area contributed by atoms with Crippen LogP contribution in [0, 0.1) is 5.82 Å². The molecule has 0 fully saturated rings. The van der Waals surface area contributed by atoms with Crippen molar-refractivity contribution >= 4 is 17.8 Å². The number of ether oxygens (including phenoxy) is 2. The molecule has 0 heterocycles. The van der Waals surface area contributed by atoms with E-state index in [1.165, 1.54) is 12.1 Å². The fraction of sp³-hybridized carbons (Fsp3) is 0.357. The Kier molecular flexibility index (Phi) is 6.32. The van der Waals surface area contributed by atoms with E-state index in [9.17, 15) is 18.8 Å². The van der Waals surface area contributed by atoms with Gasteiger partial charge in [0, 0.05) is 5.56 Å². The van der Waals surface area contributed by atoms with Gasteiger partial charge in [0.1, 0.15) is 5.82 Å². The molecule has 1 amide bonds. The molecule has 21 heavy (non-hydrogen) atoms. The summed E-state index contributed by atoms with van der Waals surface area (Å²) >= 11 is 0. The Balaban J connectivity index is 2.84. The van der Waals surface area contributed by atoms with Crippen LogP contribution in [0.3, 0.4) is 0 Å². The fourth-order valence-corrected chi connectivity index (χ4v) is 1.48. The first-order valence-corrected chi connectivity index (χ1v) is 6.39. The summed E-state index contributed by atoms with van der Waals surface area (Å²) in [6.45, 7) is 3.26. The highest BCUT2D eigenvalue weighted by Gasteiger charge is 2.31. The van der Waals surface area contributed by atoms with Crippen molar-refractivity contribution in [3.63, 3.8) is 0 Å². The molecule has 0 bridgehead atoms. The van der Waals surface area contributed by atoms with E-state index in [-0.39, 0.29) is 18.8 Å². The minimum Gasteiger partial charge on any atom is -0.464 e. The topological polar surface area (TPSA) is 81.7 Å². The number of carbonyl (C=O) groups is 3. The van der Waals surface area contributed by atoms with E-state index in [1.54, 1.807) is 13.8 Å². The first-order chi connectivity index (χ1) is 9.99. The summed E-state index contributed by atoms with van der Waals surface area (Å²) in [6, 6.07) is 3.11. The Morgan fingerprint density at radius 3 is 1.95 bits per heavy atom. The SMILES string of the molecule is CCOC(=O)C(NC(=O)c1ccc(F)cc1)C(=O)OCC. The molecule has 6 nitrogen and oxygen atoms in total. The molecule has 1 aromatic rings. The molecule has 0 aliphatic carbocycles. The van der Waals surface area contributed by atoms with Gasteiger partial charge in [-0.2, -0.15) is 0 Å². The van der Waals surface area contributed by atoms with Crippen molar-refractivity contribution in [2.75, 3.05) is 13.2 Å². The van der Waals surface area contributed by atoms with E-state index in [2.05, 4.69) is 5.32 Å². The van der Waals surface area contributed by atoms with Crippen LogP contribution in [-0.2, 0) is 19.1 Å². The van der Waals surface area contributed by atoms with E-state index in [0.29, 0.717) is 0 Å². The van der Waals surface area contributed by atoms with Crippen LogP contribution in [0.15, 0.2) is 24.3 Å². The molecule has 7 heteroatoms. The van der Waals surface area contributed by atoms with Crippen molar-refractivity contribution in [2.24, 2.45) is 0 Å². The molecular formula is C14H16FNO5. The maximum atomic E-state index is 12.8. The van der Waals surface area contributed by atoms with E-state index >= 15 is 0 Å². The van der Waals surface area contributed by atoms with Gasteiger partial charge >= 0.3 is 11.9 Å². The van der Waals surface area contributed by atoms with Gasteiger partial charge < -0.3 is 14.8 Å². The Morgan fingerprint density at radius 1 is 1.05 bits per heavy atom. The van der Waals surface area contributed by atoms with Gasteiger partial charge in [-0.1, -0.05) is 0 Å². The molecule has 114 valence electrons. The summed E-state index contributed by atoms with van der Waals surface area (Å²) in [4.78, 5) is 35.3. The van der Waals surface area contributed by atoms with Gasteiger partial charge in [0.05, 0.1) is 13.2 Å². The minimum atomic E-state index is -1.55. The quantitative estimate of drug-likeness (QED) is 0.627. The van der Waals surface area contributed by atoms with E-state index in [4.69, 9.17) is 9.47 Å². The highest BCUT2D eigenvalue weighted by atomic mass is 19.1. The number of carbonyl (C=O) groups excluding carboxylic acids is 3. The largest absolute Gasteiger partial charge is 0.464 e. The van der Waals surface area contributed by atoms with Crippen LogP contribution in [-0.4, -0.2) is 37.1 Å². The van der Waals surface area contributed by atoms with Crippen molar-refractivity contribution in [3.8, 4) is 0 Å². The summed E-state index contributed by atoms with van der Waals surface area (Å²) in [7, 11) is 0. The Labute approximate surface area is 121 Å². The Hall–Kier alpha value is -2.44. The van der Waals surface area contributed by atoms with Gasteiger partial charge in [-0.3, -0.25) is 4.79 Å². The predicted octanol–water partition coefficient (Wildman–Crippen LogP) is 1.05. The number of esters is 2. The molecule has 1 rings (SSSR count). The number of hydrogen-bond donors (Lipinski definition) is 1. The van der Waals surface area contributed by atoms with Crippen molar-refractivity contribution in [2.45, 2.75) is 19.9 Å². The predicted molar refractivity (Wildman–Crippen MR) is 70.9 cm³/mol. The van der Waals surface area contributed by atoms with Crippen molar-refractivity contribution in [1.29, 1.82) is 0 Å². The van der Waals surface area contributed by atoms with Gasteiger partial charge in [-0.25, -0.2) is 14.0 Å². The molecule has 0 saturated heterocycles. The second-order valence-electron chi connectivity index (χ2n) is 3.92. The zero-order valence-electron chi connectivity index (χ0n) is 11.7. The highest BCUT2D eigenvalue weighted by Crippen LogP contribution is 2.04. The number of hydrogen-bond acceptors (Lipinski definition) is 5. The minimum absolute atomic E-state index is 0.0567. The lowest BCUT2D eigenvalue weighted by molar-refractivity contribution is -0.157. The normalized spacial score (nSPS) is 10.1. The lowest BCUT2D eigenvalue weighted by Crippen LogP contribution is -2.48. The average molecular weight is 297 g/mol. The number of benzene rings is 1. The molecule has 0 aromatic heterocycles. The van der Waals surface area contributed by atoms with Crippen LogP contribution in [0.4, 0.5) is 4.39 Å². The summed E-state index contributed by atoms with van der Waals surface area (Å²) < 4.78 is 22.2. The molecule has 0 unspecified atom stereocenters. The lowest BCUT2D eigenvalue weighted by atomic mass is 10.2. The molecule has 0 aliphatic heterocycles. The fourth-order valence-electron chi connectivity index (χ4n) is 1.48. The molecule has 0 atom stereocenters. The van der Waals surface area contributed by atoms with Crippen LogP contribution in [0.25, 0.3) is 0 Å². The third kappa shape index (κ3) is 4.87. The summed E-state index contributed by atoms with van der Waals surface area (Å²) in [5.74, 6) is -3.03. The van der Waals surface area contributed by atoms with Gasteiger partial charge in [-0.05, 0) is 38.1 Å². The molecule has 0 spiro atoms. The van der Waals surface area contributed by atoms with Crippen molar-refractivity contribution in [1.82, 2.24) is 5.32 Å². The monoisotopic (exact) mass is 297 g/mol. The Bertz CT molecular complexity index is 497.